The Labute approximate surface area is 324 Å². The Hall–Kier alpha value is -5.52. The molecule has 8 aromatic rings. The molecule has 0 aliphatic carbocycles. The van der Waals surface area contributed by atoms with Crippen molar-refractivity contribution in [2.45, 2.75) is 26.7 Å². The summed E-state index contributed by atoms with van der Waals surface area (Å²) in [6.07, 6.45) is 1.96. The second-order valence-corrected chi connectivity index (χ2v) is 13.7. The van der Waals surface area contributed by atoms with Crippen LogP contribution < -0.4 is 20.6 Å². The first kappa shape index (κ1) is 37.4. The summed E-state index contributed by atoms with van der Waals surface area (Å²) in [6, 6.07) is 30.8. The van der Waals surface area contributed by atoms with Crippen molar-refractivity contribution in [2.24, 2.45) is 0 Å². The number of nitrogens with zero attached hydrogens (tertiary/aromatic N) is 2. The van der Waals surface area contributed by atoms with Crippen molar-refractivity contribution in [3.05, 3.63) is 118 Å². The predicted molar refractivity (Wildman–Crippen MR) is 222 cm³/mol. The fourth-order valence-electron chi connectivity index (χ4n) is 7.63. The summed E-state index contributed by atoms with van der Waals surface area (Å²) in [5.74, 6) is 1.35. The van der Waals surface area contributed by atoms with Gasteiger partial charge >= 0.3 is 0 Å². The third kappa shape index (κ3) is 7.05. The largest absolute Gasteiger partial charge is 0.491 e. The molecule has 10 nitrogen and oxygen atoms in total. The summed E-state index contributed by atoms with van der Waals surface area (Å²) in [6.45, 7) is 9.45. The second-order valence-electron chi connectivity index (χ2n) is 13.7. The maximum Gasteiger partial charge on any atom is 0.264 e. The lowest BCUT2D eigenvalue weighted by Crippen LogP contribution is -2.20. The van der Waals surface area contributed by atoms with Gasteiger partial charge in [0, 0.05) is 34.8 Å². The van der Waals surface area contributed by atoms with Crippen LogP contribution in [0.1, 0.15) is 26.7 Å². The van der Waals surface area contributed by atoms with Crippen molar-refractivity contribution in [1.29, 1.82) is 0 Å². The molecule has 0 amide bonds. The van der Waals surface area contributed by atoms with E-state index in [1.807, 2.05) is 97.1 Å². The number of para-hydroxylation sites is 2. The van der Waals surface area contributed by atoms with Gasteiger partial charge in [0.2, 0.25) is 0 Å². The number of pyridine rings is 2. The van der Waals surface area contributed by atoms with Crippen LogP contribution in [-0.2, 0) is 18.9 Å². The van der Waals surface area contributed by atoms with Gasteiger partial charge in [-0.25, -0.2) is 0 Å². The molecule has 0 atom stereocenters. The van der Waals surface area contributed by atoms with Crippen LogP contribution in [-0.4, -0.2) is 74.9 Å². The summed E-state index contributed by atoms with van der Waals surface area (Å²) in [5, 5.41) is 3.19. The van der Waals surface area contributed by atoms with Gasteiger partial charge in [0.25, 0.3) is 11.1 Å². The van der Waals surface area contributed by atoms with E-state index in [-0.39, 0.29) is 11.1 Å². The maximum atomic E-state index is 15.0. The molecule has 0 unspecified atom stereocenters. The van der Waals surface area contributed by atoms with E-state index >= 15 is 9.59 Å². The van der Waals surface area contributed by atoms with Crippen LogP contribution >= 0.6 is 0 Å². The first-order chi connectivity index (χ1) is 27.6. The van der Waals surface area contributed by atoms with Crippen molar-refractivity contribution in [3.8, 4) is 33.8 Å². The van der Waals surface area contributed by atoms with E-state index in [9.17, 15) is 0 Å². The summed E-state index contributed by atoms with van der Waals surface area (Å²) in [7, 11) is 0. The van der Waals surface area contributed by atoms with E-state index in [4.69, 9.17) is 28.4 Å². The molecule has 0 aliphatic heterocycles. The summed E-state index contributed by atoms with van der Waals surface area (Å²) in [4.78, 5) is 30.0. The minimum absolute atomic E-state index is 0.151. The number of hydrogen-bond donors (Lipinski definition) is 0. The van der Waals surface area contributed by atoms with Crippen LogP contribution in [0.4, 0.5) is 0 Å². The van der Waals surface area contributed by atoms with Crippen molar-refractivity contribution < 1.29 is 28.4 Å². The molecular weight excluding hydrogens is 709 g/mol. The van der Waals surface area contributed by atoms with Gasteiger partial charge in [-0.3, -0.25) is 18.4 Å². The maximum absolute atomic E-state index is 15.0. The molecule has 4 aromatic carbocycles. The van der Waals surface area contributed by atoms with Gasteiger partial charge in [-0.2, -0.15) is 0 Å². The lowest BCUT2D eigenvalue weighted by atomic mass is 9.97. The minimum atomic E-state index is -0.151. The van der Waals surface area contributed by atoms with Crippen molar-refractivity contribution in [1.82, 2.24) is 8.80 Å². The normalized spacial score (nSPS) is 12.0. The van der Waals surface area contributed by atoms with Gasteiger partial charge in [-0.15, -0.1) is 0 Å². The first-order valence-corrected chi connectivity index (χ1v) is 19.5. The number of fused-ring (bicyclic) bond motifs is 6. The second kappa shape index (κ2) is 17.1. The van der Waals surface area contributed by atoms with E-state index in [1.54, 1.807) is 8.80 Å². The van der Waals surface area contributed by atoms with E-state index < -0.39 is 0 Å². The fraction of sp³-hybridized carbons (Fsp3) is 0.304. The minimum Gasteiger partial charge on any atom is -0.491 e. The Kier molecular flexibility index (Phi) is 11.4. The van der Waals surface area contributed by atoms with Gasteiger partial charge in [-0.05, 0) is 60.4 Å². The molecule has 4 heterocycles. The average molecular weight is 755 g/mol. The Morgan fingerprint density at radius 1 is 0.429 bits per heavy atom. The van der Waals surface area contributed by atoms with Crippen molar-refractivity contribution in [2.75, 3.05) is 66.1 Å². The van der Waals surface area contributed by atoms with Gasteiger partial charge in [-0.1, -0.05) is 74.5 Å². The Morgan fingerprint density at radius 3 is 1.18 bits per heavy atom. The van der Waals surface area contributed by atoms with Crippen LogP contribution in [0.25, 0.3) is 65.9 Å². The number of ether oxygens (including phenoxy) is 6. The number of rotatable bonds is 20. The number of aromatic nitrogens is 2. The van der Waals surface area contributed by atoms with Crippen LogP contribution in [0.15, 0.2) is 107 Å². The highest BCUT2D eigenvalue weighted by molar-refractivity contribution is 6.28. The van der Waals surface area contributed by atoms with E-state index in [0.717, 1.165) is 80.8 Å². The highest BCUT2D eigenvalue weighted by atomic mass is 16.5. The average Bonchev–Trinajstić information content (AvgIpc) is 3.75. The zero-order valence-corrected chi connectivity index (χ0v) is 31.9. The number of hydrogen-bond acceptors (Lipinski definition) is 8. The van der Waals surface area contributed by atoms with E-state index in [1.165, 1.54) is 0 Å². The zero-order chi connectivity index (χ0) is 38.4. The molecule has 0 N–H and O–H groups in total. The van der Waals surface area contributed by atoms with E-state index in [2.05, 4.69) is 13.8 Å². The van der Waals surface area contributed by atoms with Crippen LogP contribution in [0.2, 0.25) is 0 Å². The molecule has 8 rings (SSSR count). The predicted octanol–water partition coefficient (Wildman–Crippen LogP) is 8.23. The Balaban J connectivity index is 1.17. The van der Waals surface area contributed by atoms with Gasteiger partial charge in [0.05, 0.1) is 72.8 Å². The summed E-state index contributed by atoms with van der Waals surface area (Å²) in [5.41, 5.74) is 5.18. The molecule has 0 saturated heterocycles. The molecule has 10 heteroatoms. The lowest BCUT2D eigenvalue weighted by molar-refractivity contribution is 0.0366. The quantitative estimate of drug-likeness (QED) is 0.0719. The smallest absolute Gasteiger partial charge is 0.264 e. The monoisotopic (exact) mass is 754 g/mol. The molecule has 4 aromatic heterocycles. The molecule has 0 aliphatic rings. The molecule has 0 radical (unpaired) electrons. The Bertz CT molecular complexity index is 2480. The molecular formula is C46H46N2O8. The molecule has 0 spiro atoms. The zero-order valence-electron chi connectivity index (χ0n) is 31.9. The molecule has 0 saturated carbocycles. The summed E-state index contributed by atoms with van der Waals surface area (Å²) >= 11 is 0. The van der Waals surface area contributed by atoms with Crippen molar-refractivity contribution in [3.63, 3.8) is 0 Å². The molecule has 56 heavy (non-hydrogen) atoms. The van der Waals surface area contributed by atoms with Gasteiger partial charge in [0.15, 0.2) is 0 Å². The molecule has 0 bridgehead atoms. The highest BCUT2D eigenvalue weighted by Crippen LogP contribution is 2.43. The Morgan fingerprint density at radius 2 is 0.786 bits per heavy atom. The highest BCUT2D eigenvalue weighted by Gasteiger charge is 2.29. The third-order valence-electron chi connectivity index (χ3n) is 10.0. The topological polar surface area (TPSA) is 98.3 Å². The summed E-state index contributed by atoms with van der Waals surface area (Å²) < 4.78 is 37.7. The van der Waals surface area contributed by atoms with Crippen LogP contribution in [0, 0.1) is 0 Å². The fourth-order valence-corrected chi connectivity index (χ4v) is 7.63. The van der Waals surface area contributed by atoms with Crippen molar-refractivity contribution >= 4 is 43.6 Å². The molecule has 288 valence electrons. The van der Waals surface area contributed by atoms with Gasteiger partial charge < -0.3 is 28.4 Å². The third-order valence-corrected chi connectivity index (χ3v) is 10.0. The van der Waals surface area contributed by atoms with Crippen LogP contribution in [0.5, 0.6) is 11.5 Å². The molecule has 0 fully saturated rings. The van der Waals surface area contributed by atoms with Gasteiger partial charge in [0.1, 0.15) is 24.7 Å². The first-order valence-electron chi connectivity index (χ1n) is 19.5. The SMILES string of the molecule is CCCOCCOCCOc1ccc(-c2c(=O)n3c4ccccc4c4c(-c5ccc(OCCOCCOCCC)cc5)c(=O)n5c6ccccc6c2c5c43)cc1. The van der Waals surface area contributed by atoms with E-state index in [0.29, 0.717) is 75.5 Å². The lowest BCUT2D eigenvalue weighted by Gasteiger charge is -2.13. The number of benzene rings is 4. The van der Waals surface area contributed by atoms with Crippen LogP contribution in [0.3, 0.4) is 0 Å². The standard InChI is InChI=1S/C46H46N2O8/c1-3-21-51-23-25-53-27-29-55-33-17-13-31(14-18-33)39-41-35-9-5-7-11-37(35)48-43(41)44-42(36-10-6-8-12-38(36)47(44)45(39)49)40(46(48)50)32-15-19-34(20-16-32)56-30-28-54-26-24-52-22-4-2/h5-20H,3-4,21-30H2,1-2H3.